The van der Waals surface area contributed by atoms with Gasteiger partial charge in [-0.1, -0.05) is 17.7 Å². The first-order valence-corrected chi connectivity index (χ1v) is 7.42. The summed E-state index contributed by atoms with van der Waals surface area (Å²) in [6.07, 6.45) is 2.97. The SMILES string of the molecule is Cc1ccc(-n2cnc3c(cnn3-c3ccc(F)cc3)c2=O)cc1. The van der Waals surface area contributed by atoms with Crippen LogP contribution in [0.25, 0.3) is 22.4 Å². The first kappa shape index (κ1) is 14.3. The van der Waals surface area contributed by atoms with Gasteiger partial charge in [-0.3, -0.25) is 9.36 Å². The van der Waals surface area contributed by atoms with E-state index in [0.717, 1.165) is 11.3 Å². The van der Waals surface area contributed by atoms with Gasteiger partial charge in [0, 0.05) is 0 Å². The van der Waals surface area contributed by atoms with Crippen LogP contribution in [0.2, 0.25) is 0 Å². The van der Waals surface area contributed by atoms with Crippen molar-refractivity contribution in [3.63, 3.8) is 0 Å². The smallest absolute Gasteiger partial charge is 0.268 e. The molecule has 2 heterocycles. The largest absolute Gasteiger partial charge is 0.269 e. The van der Waals surface area contributed by atoms with Crippen molar-refractivity contribution in [2.24, 2.45) is 0 Å². The van der Waals surface area contributed by atoms with Gasteiger partial charge in [0.25, 0.3) is 5.56 Å². The standard InChI is InChI=1S/C18H13FN4O/c1-12-2-6-14(7-3-12)22-11-20-17-16(18(22)24)10-21-23(17)15-8-4-13(19)5-9-15/h2-11H,1H3. The highest BCUT2D eigenvalue weighted by Gasteiger charge is 2.12. The molecule has 0 N–H and O–H groups in total. The predicted octanol–water partition coefficient (Wildman–Crippen LogP) is 3.02. The van der Waals surface area contributed by atoms with E-state index in [1.165, 1.54) is 33.9 Å². The van der Waals surface area contributed by atoms with Crippen molar-refractivity contribution >= 4 is 11.0 Å². The fourth-order valence-corrected chi connectivity index (χ4v) is 2.57. The third kappa shape index (κ3) is 2.28. The van der Waals surface area contributed by atoms with Gasteiger partial charge in [-0.2, -0.15) is 5.10 Å². The molecule has 2 aromatic heterocycles. The predicted molar refractivity (Wildman–Crippen MR) is 89.2 cm³/mol. The number of hydrogen-bond donors (Lipinski definition) is 0. The Morgan fingerprint density at radius 2 is 1.62 bits per heavy atom. The fraction of sp³-hybridized carbons (Fsp3) is 0.0556. The highest BCUT2D eigenvalue weighted by Crippen LogP contribution is 2.15. The molecule has 2 aromatic carbocycles. The van der Waals surface area contributed by atoms with E-state index in [1.54, 1.807) is 12.1 Å². The zero-order valence-electron chi connectivity index (χ0n) is 12.8. The molecular formula is C18H13FN4O. The van der Waals surface area contributed by atoms with Crippen LogP contribution >= 0.6 is 0 Å². The highest BCUT2D eigenvalue weighted by molar-refractivity contribution is 5.75. The summed E-state index contributed by atoms with van der Waals surface area (Å²) in [6.45, 7) is 1.99. The molecule has 0 saturated heterocycles. The molecule has 0 aliphatic rings. The molecule has 0 spiro atoms. The molecule has 4 rings (SSSR count). The van der Waals surface area contributed by atoms with Gasteiger partial charge >= 0.3 is 0 Å². The second-order valence-corrected chi connectivity index (χ2v) is 5.53. The molecule has 0 atom stereocenters. The zero-order valence-corrected chi connectivity index (χ0v) is 12.8. The third-order valence-corrected chi connectivity index (χ3v) is 3.87. The van der Waals surface area contributed by atoms with Gasteiger partial charge in [0.15, 0.2) is 5.65 Å². The molecule has 0 radical (unpaired) electrons. The Balaban J connectivity index is 1.88. The molecule has 0 aliphatic carbocycles. The van der Waals surface area contributed by atoms with Crippen molar-refractivity contribution in [3.05, 3.63) is 82.8 Å². The Bertz CT molecular complexity index is 1080. The second-order valence-electron chi connectivity index (χ2n) is 5.53. The molecule has 0 amide bonds. The van der Waals surface area contributed by atoms with Crippen molar-refractivity contribution in [2.75, 3.05) is 0 Å². The van der Waals surface area contributed by atoms with E-state index in [1.807, 2.05) is 31.2 Å². The van der Waals surface area contributed by atoms with Gasteiger partial charge in [-0.25, -0.2) is 14.1 Å². The Labute approximate surface area is 136 Å². The molecule has 0 saturated carbocycles. The van der Waals surface area contributed by atoms with E-state index >= 15 is 0 Å². The zero-order chi connectivity index (χ0) is 16.7. The molecule has 4 aromatic rings. The molecule has 24 heavy (non-hydrogen) atoms. The highest BCUT2D eigenvalue weighted by atomic mass is 19.1. The van der Waals surface area contributed by atoms with Crippen molar-refractivity contribution in [2.45, 2.75) is 6.92 Å². The number of hydrogen-bond acceptors (Lipinski definition) is 3. The lowest BCUT2D eigenvalue weighted by Gasteiger charge is -2.06. The summed E-state index contributed by atoms with van der Waals surface area (Å²) in [6, 6.07) is 13.5. The van der Waals surface area contributed by atoms with Crippen molar-refractivity contribution in [1.82, 2.24) is 19.3 Å². The minimum absolute atomic E-state index is 0.197. The van der Waals surface area contributed by atoms with Gasteiger partial charge in [-0.05, 0) is 43.3 Å². The molecule has 0 bridgehead atoms. The minimum atomic E-state index is -0.329. The molecule has 0 aliphatic heterocycles. The lowest BCUT2D eigenvalue weighted by Crippen LogP contribution is -2.18. The minimum Gasteiger partial charge on any atom is -0.268 e. The summed E-state index contributed by atoms with van der Waals surface area (Å²) in [5.41, 5.74) is 2.75. The Hall–Kier alpha value is -3.28. The van der Waals surface area contributed by atoms with Crippen LogP contribution in [0.15, 0.2) is 65.8 Å². The van der Waals surface area contributed by atoms with Crippen LogP contribution in [0.1, 0.15) is 5.56 Å². The summed E-state index contributed by atoms with van der Waals surface area (Å²) in [7, 11) is 0. The van der Waals surface area contributed by atoms with Crippen LogP contribution in [0.3, 0.4) is 0 Å². The van der Waals surface area contributed by atoms with Gasteiger partial charge < -0.3 is 0 Å². The van der Waals surface area contributed by atoms with E-state index in [4.69, 9.17) is 0 Å². The summed E-state index contributed by atoms with van der Waals surface area (Å²) in [4.78, 5) is 17.1. The van der Waals surface area contributed by atoms with E-state index in [-0.39, 0.29) is 11.4 Å². The van der Waals surface area contributed by atoms with Crippen molar-refractivity contribution in [3.8, 4) is 11.4 Å². The van der Waals surface area contributed by atoms with E-state index in [9.17, 15) is 9.18 Å². The average Bonchev–Trinajstić information content (AvgIpc) is 3.02. The molecule has 0 unspecified atom stereocenters. The Kier molecular flexibility index (Phi) is 3.23. The summed E-state index contributed by atoms with van der Waals surface area (Å²) >= 11 is 0. The maximum absolute atomic E-state index is 13.1. The van der Waals surface area contributed by atoms with Crippen LogP contribution in [0.4, 0.5) is 4.39 Å². The quantitative estimate of drug-likeness (QED) is 0.570. The molecule has 5 nitrogen and oxygen atoms in total. The fourth-order valence-electron chi connectivity index (χ4n) is 2.57. The maximum atomic E-state index is 13.1. The van der Waals surface area contributed by atoms with Gasteiger partial charge in [0.2, 0.25) is 0 Å². The van der Waals surface area contributed by atoms with E-state index < -0.39 is 0 Å². The molecule has 6 heteroatoms. The van der Waals surface area contributed by atoms with E-state index in [2.05, 4.69) is 10.1 Å². The van der Waals surface area contributed by atoms with E-state index in [0.29, 0.717) is 16.7 Å². The van der Waals surface area contributed by atoms with Crippen molar-refractivity contribution in [1.29, 1.82) is 0 Å². The number of benzene rings is 2. The Morgan fingerprint density at radius 3 is 2.33 bits per heavy atom. The van der Waals surface area contributed by atoms with Crippen LogP contribution in [0, 0.1) is 12.7 Å². The summed E-state index contributed by atoms with van der Waals surface area (Å²) < 4.78 is 16.1. The number of aryl methyl sites for hydroxylation is 1. The second kappa shape index (κ2) is 5.42. The number of rotatable bonds is 2. The van der Waals surface area contributed by atoms with Gasteiger partial charge in [0.1, 0.15) is 17.5 Å². The van der Waals surface area contributed by atoms with Crippen molar-refractivity contribution < 1.29 is 4.39 Å². The maximum Gasteiger partial charge on any atom is 0.269 e. The summed E-state index contributed by atoms with van der Waals surface area (Å²) in [5, 5.41) is 4.63. The number of fused-ring (bicyclic) bond motifs is 1. The van der Waals surface area contributed by atoms with Crippen LogP contribution in [-0.2, 0) is 0 Å². The molecular weight excluding hydrogens is 307 g/mol. The number of halogens is 1. The van der Waals surface area contributed by atoms with Crippen LogP contribution in [0.5, 0.6) is 0 Å². The monoisotopic (exact) mass is 320 g/mol. The summed E-state index contributed by atoms with van der Waals surface area (Å²) in [5.74, 6) is -0.329. The first-order valence-electron chi connectivity index (χ1n) is 7.42. The third-order valence-electron chi connectivity index (χ3n) is 3.87. The topological polar surface area (TPSA) is 52.7 Å². The lowest BCUT2D eigenvalue weighted by molar-refractivity contribution is 0.627. The average molecular weight is 320 g/mol. The van der Waals surface area contributed by atoms with Gasteiger partial charge in [0.05, 0.1) is 17.6 Å². The lowest BCUT2D eigenvalue weighted by atomic mass is 10.2. The first-order chi connectivity index (χ1) is 11.6. The number of aromatic nitrogens is 4. The van der Waals surface area contributed by atoms with Crippen LogP contribution < -0.4 is 5.56 Å². The Morgan fingerprint density at radius 1 is 0.958 bits per heavy atom. The molecule has 118 valence electrons. The van der Waals surface area contributed by atoms with Crippen LogP contribution in [-0.4, -0.2) is 19.3 Å². The molecule has 0 fully saturated rings. The number of nitrogens with zero attached hydrogens (tertiary/aromatic N) is 4. The normalized spacial score (nSPS) is 11.1. The van der Waals surface area contributed by atoms with Gasteiger partial charge in [-0.15, -0.1) is 0 Å².